The molecule has 2 fully saturated rings. The maximum Gasteiger partial charge on any atom is 0.420 e. The van der Waals surface area contributed by atoms with Crippen LogP contribution in [0.3, 0.4) is 0 Å². The van der Waals surface area contributed by atoms with Crippen molar-refractivity contribution in [3.8, 4) is 0 Å². The smallest absolute Gasteiger partial charge is 0.420 e. The fraction of sp³-hybridized carbons (Fsp3) is 0.211. The van der Waals surface area contributed by atoms with Crippen LogP contribution in [0.25, 0.3) is 22.2 Å². The largest absolute Gasteiger partial charge is 0.480 e. The highest BCUT2D eigenvalue weighted by atomic mass is 35.5. The van der Waals surface area contributed by atoms with Crippen molar-refractivity contribution < 1.29 is 33.1 Å². The molecular weight excluding hydrogens is 826 g/mol. The third kappa shape index (κ3) is 9.03. The summed E-state index contributed by atoms with van der Waals surface area (Å²) in [6.07, 6.45) is 0. The molecule has 296 valence electrons. The molecule has 3 amide bonds. The highest BCUT2D eigenvalue weighted by Crippen LogP contribution is 2.30. The molecule has 0 radical (unpaired) electrons. The molecule has 19 heteroatoms. The molecule has 4 aromatic carbocycles. The molecule has 2 aliphatic rings. The van der Waals surface area contributed by atoms with E-state index in [1.165, 1.54) is 26.5 Å². The summed E-state index contributed by atoms with van der Waals surface area (Å²) in [4.78, 5) is 75.2. The molecule has 2 aromatic heterocycles. The number of hydrogen-bond donors (Lipinski definition) is 2. The minimum absolute atomic E-state index is 0.0683. The number of nitrogens with one attached hydrogen (secondary N) is 1. The number of carboxylic acids is 1. The van der Waals surface area contributed by atoms with E-state index in [0.717, 1.165) is 21.4 Å². The number of amides is 3. The molecular formula is C38H32Cl4N6O9. The molecule has 8 rings (SSSR count). The third-order valence-corrected chi connectivity index (χ3v) is 10.3. The molecule has 0 spiro atoms. The molecule has 4 heterocycles. The van der Waals surface area contributed by atoms with E-state index in [9.17, 15) is 28.8 Å². The van der Waals surface area contributed by atoms with Crippen molar-refractivity contribution >= 4 is 104 Å². The van der Waals surface area contributed by atoms with Gasteiger partial charge in [-0.3, -0.25) is 43.4 Å². The van der Waals surface area contributed by atoms with Crippen molar-refractivity contribution in [1.29, 1.82) is 0 Å². The summed E-state index contributed by atoms with van der Waals surface area (Å²) >= 11 is 23.7. The molecule has 0 atom stereocenters. The standard InChI is InChI=1S/C19H15Cl2N3O4.C10H11ClN2O.C9H6ClNO4/c1-11-13(21)3-2-4-14(11)24-10-22(8-18(24)26)17(25)9-23-15-6-5-12(20)7-16(15)28-19(23)27;1-7-8(11)3-2-4-9(7)13-6-12-5-10(13)14;10-5-1-2-6-7(3-5)15-9(14)11(6)4-8(12)13/h2-7H,8-10H2,1H3;2-4,12H,5-6H2,1H3;1-3H,4H2,(H,12,13). The number of carboxylic acid groups (broad SMARTS) is 1. The zero-order chi connectivity index (χ0) is 41.1. The second-order valence-electron chi connectivity index (χ2n) is 12.8. The lowest BCUT2D eigenvalue weighted by atomic mass is 10.2. The molecule has 2 aliphatic heterocycles. The summed E-state index contributed by atoms with van der Waals surface area (Å²) in [6, 6.07) is 20.2. The lowest BCUT2D eigenvalue weighted by Gasteiger charge is -2.20. The summed E-state index contributed by atoms with van der Waals surface area (Å²) in [6.45, 7) is 4.08. The van der Waals surface area contributed by atoms with E-state index >= 15 is 0 Å². The maximum atomic E-state index is 12.7. The zero-order valence-electron chi connectivity index (χ0n) is 30.1. The quantitative estimate of drug-likeness (QED) is 0.204. The van der Waals surface area contributed by atoms with Gasteiger partial charge < -0.3 is 18.8 Å². The number of carbonyl (C=O) groups excluding carboxylic acids is 3. The van der Waals surface area contributed by atoms with E-state index in [-0.39, 0.29) is 43.1 Å². The molecule has 57 heavy (non-hydrogen) atoms. The van der Waals surface area contributed by atoms with Crippen molar-refractivity contribution in [3.63, 3.8) is 0 Å². The Morgan fingerprint density at radius 1 is 0.702 bits per heavy atom. The van der Waals surface area contributed by atoms with Crippen LogP contribution in [-0.2, 0) is 32.3 Å². The summed E-state index contributed by atoms with van der Waals surface area (Å²) < 4.78 is 12.2. The number of aromatic nitrogens is 2. The Labute approximate surface area is 343 Å². The molecule has 0 aliphatic carbocycles. The van der Waals surface area contributed by atoms with Crippen molar-refractivity contribution in [1.82, 2.24) is 19.4 Å². The van der Waals surface area contributed by atoms with Crippen LogP contribution in [-0.4, -0.2) is 69.3 Å². The van der Waals surface area contributed by atoms with Crippen LogP contribution in [0.15, 0.2) is 91.2 Å². The van der Waals surface area contributed by atoms with Gasteiger partial charge in [-0.2, -0.15) is 0 Å². The van der Waals surface area contributed by atoms with E-state index < -0.39 is 24.0 Å². The van der Waals surface area contributed by atoms with Gasteiger partial charge in [0, 0.05) is 43.6 Å². The molecule has 6 aromatic rings. The van der Waals surface area contributed by atoms with Crippen LogP contribution < -0.4 is 26.6 Å². The highest BCUT2D eigenvalue weighted by Gasteiger charge is 2.33. The van der Waals surface area contributed by atoms with Crippen LogP contribution in [0.1, 0.15) is 11.1 Å². The summed E-state index contributed by atoms with van der Waals surface area (Å²) in [5.41, 5.74) is 4.75. The summed E-state index contributed by atoms with van der Waals surface area (Å²) in [5, 5.41) is 13.7. The fourth-order valence-electron chi connectivity index (χ4n) is 6.13. The SMILES string of the molecule is Cc1c(Cl)cccc1N1CN(C(=O)Cn2c(=O)oc3cc(Cl)ccc32)CC1=O.Cc1c(Cl)cccc1N1CNCC1=O.O=C(O)Cn1c(=O)oc2cc(Cl)ccc21. The van der Waals surface area contributed by atoms with Gasteiger partial charge in [0.25, 0.3) is 0 Å². The van der Waals surface area contributed by atoms with Crippen LogP contribution >= 0.6 is 46.4 Å². The highest BCUT2D eigenvalue weighted by molar-refractivity contribution is 6.32. The van der Waals surface area contributed by atoms with Gasteiger partial charge in [0.15, 0.2) is 11.2 Å². The molecule has 2 N–H and O–H groups in total. The molecule has 0 unspecified atom stereocenters. The first-order valence-corrected chi connectivity index (χ1v) is 18.5. The number of anilines is 2. The third-order valence-electron chi connectivity index (χ3n) is 9.05. The number of halogens is 4. The van der Waals surface area contributed by atoms with Gasteiger partial charge in [0.05, 0.1) is 24.2 Å². The van der Waals surface area contributed by atoms with E-state index in [4.69, 9.17) is 60.3 Å². The summed E-state index contributed by atoms with van der Waals surface area (Å²) in [5.74, 6) is -2.94. The van der Waals surface area contributed by atoms with Gasteiger partial charge in [0.1, 0.15) is 26.3 Å². The van der Waals surface area contributed by atoms with Crippen LogP contribution in [0, 0.1) is 13.8 Å². The Kier molecular flexibility index (Phi) is 12.4. The second-order valence-corrected chi connectivity index (χ2v) is 14.4. The van der Waals surface area contributed by atoms with Crippen molar-refractivity contribution in [2.24, 2.45) is 0 Å². The lowest BCUT2D eigenvalue weighted by Crippen LogP contribution is -2.35. The average Bonchev–Trinajstić information content (AvgIpc) is 3.92. The molecule has 2 saturated heterocycles. The molecule has 15 nitrogen and oxygen atoms in total. The van der Waals surface area contributed by atoms with Crippen molar-refractivity contribution in [2.45, 2.75) is 26.9 Å². The van der Waals surface area contributed by atoms with Crippen molar-refractivity contribution in [2.75, 3.05) is 36.2 Å². The Morgan fingerprint density at radius 3 is 1.70 bits per heavy atom. The van der Waals surface area contributed by atoms with E-state index in [0.29, 0.717) is 55.6 Å². The van der Waals surface area contributed by atoms with Gasteiger partial charge in [-0.1, -0.05) is 58.5 Å². The predicted molar refractivity (Wildman–Crippen MR) is 215 cm³/mol. The minimum atomic E-state index is -1.10. The first-order chi connectivity index (χ1) is 27.1. The number of fused-ring (bicyclic) bond motifs is 2. The van der Waals surface area contributed by atoms with Gasteiger partial charge in [0.2, 0.25) is 17.7 Å². The van der Waals surface area contributed by atoms with Gasteiger partial charge in [-0.05, 0) is 73.5 Å². The van der Waals surface area contributed by atoms with Crippen molar-refractivity contribution in [3.05, 3.63) is 125 Å². The molecule has 0 saturated carbocycles. The van der Waals surface area contributed by atoms with Crippen LogP contribution in [0.4, 0.5) is 11.4 Å². The maximum absolute atomic E-state index is 12.7. The predicted octanol–water partition coefficient (Wildman–Crippen LogP) is 5.92. The van der Waals surface area contributed by atoms with Gasteiger partial charge in [-0.15, -0.1) is 0 Å². The number of carbonyl (C=O) groups is 4. The monoisotopic (exact) mass is 856 g/mol. The number of benzene rings is 4. The topological polar surface area (TPSA) is 181 Å². The van der Waals surface area contributed by atoms with Crippen LogP contribution in [0.2, 0.25) is 20.1 Å². The number of hydrogen-bond acceptors (Lipinski definition) is 9. The second kappa shape index (κ2) is 17.3. The first-order valence-electron chi connectivity index (χ1n) is 17.0. The van der Waals surface area contributed by atoms with E-state index in [1.807, 2.05) is 32.0 Å². The lowest BCUT2D eigenvalue weighted by molar-refractivity contribution is -0.137. The average molecular weight is 859 g/mol. The number of aliphatic carboxylic acids is 1. The Hall–Kier alpha value is -5.58. The number of oxazole rings is 2. The van der Waals surface area contributed by atoms with E-state index in [1.54, 1.807) is 47.4 Å². The first kappa shape index (κ1) is 41.1. The van der Waals surface area contributed by atoms with Gasteiger partial charge in [-0.25, -0.2) is 9.59 Å². The normalized spacial score (nSPS) is 13.9. The Bertz CT molecular complexity index is 2670. The van der Waals surface area contributed by atoms with Gasteiger partial charge >= 0.3 is 17.5 Å². The zero-order valence-corrected chi connectivity index (χ0v) is 33.2. The van der Waals surface area contributed by atoms with Crippen LogP contribution in [0.5, 0.6) is 0 Å². The van der Waals surface area contributed by atoms with E-state index in [2.05, 4.69) is 5.32 Å². The Balaban J connectivity index is 0.000000159. The number of nitrogens with zero attached hydrogens (tertiary/aromatic N) is 5. The summed E-state index contributed by atoms with van der Waals surface area (Å²) in [7, 11) is 0. The number of rotatable bonds is 6. The fourth-order valence-corrected chi connectivity index (χ4v) is 6.79. The Morgan fingerprint density at radius 2 is 1.21 bits per heavy atom. The molecule has 0 bridgehead atoms. The minimum Gasteiger partial charge on any atom is -0.480 e.